The molecular formula is C8H8BrN. The molecule has 0 radical (unpaired) electrons. The molecule has 2 rings (SSSR count). The van der Waals surface area contributed by atoms with Gasteiger partial charge in [0.15, 0.2) is 0 Å². The van der Waals surface area contributed by atoms with Gasteiger partial charge in [-0.05, 0) is 18.1 Å². The summed E-state index contributed by atoms with van der Waals surface area (Å²) in [6.07, 6.45) is 1.17. The number of benzene rings is 1. The van der Waals surface area contributed by atoms with Gasteiger partial charge in [-0.1, -0.05) is 18.2 Å². The number of halogens is 1. The zero-order chi connectivity index (χ0) is 6.97. The molecule has 1 aliphatic rings. The summed E-state index contributed by atoms with van der Waals surface area (Å²) in [7, 11) is 0. The summed E-state index contributed by atoms with van der Waals surface area (Å²) < 4.78 is 2.11. The Morgan fingerprint density at radius 1 is 1.30 bits per heavy atom. The van der Waals surface area contributed by atoms with Crippen LogP contribution in [0.3, 0.4) is 0 Å². The maximum absolute atomic E-state index is 3.47. The van der Waals surface area contributed by atoms with Gasteiger partial charge in [0.25, 0.3) is 0 Å². The number of fused-ring (bicyclic) bond motifs is 1. The first kappa shape index (κ1) is 6.23. The van der Waals surface area contributed by atoms with Gasteiger partial charge in [-0.15, -0.1) is 0 Å². The van der Waals surface area contributed by atoms with Crippen molar-refractivity contribution in [2.75, 3.05) is 10.5 Å². The monoisotopic (exact) mass is 197 g/mol. The zero-order valence-electron chi connectivity index (χ0n) is 5.55. The minimum atomic E-state index is 1.10. The molecule has 1 heterocycles. The van der Waals surface area contributed by atoms with Gasteiger partial charge < -0.3 is 3.93 Å². The van der Waals surface area contributed by atoms with E-state index in [4.69, 9.17) is 0 Å². The van der Waals surface area contributed by atoms with Gasteiger partial charge in [0.1, 0.15) is 0 Å². The van der Waals surface area contributed by atoms with Crippen LogP contribution < -0.4 is 3.93 Å². The Morgan fingerprint density at radius 3 is 2.90 bits per heavy atom. The molecule has 0 fully saturated rings. The van der Waals surface area contributed by atoms with Gasteiger partial charge in [0.2, 0.25) is 0 Å². The van der Waals surface area contributed by atoms with Gasteiger partial charge in [-0.3, -0.25) is 0 Å². The van der Waals surface area contributed by atoms with Crippen LogP contribution in [-0.4, -0.2) is 6.54 Å². The maximum Gasteiger partial charge on any atom is 0.0503 e. The van der Waals surface area contributed by atoms with E-state index in [0.29, 0.717) is 0 Å². The van der Waals surface area contributed by atoms with E-state index in [2.05, 4.69) is 44.3 Å². The van der Waals surface area contributed by atoms with Gasteiger partial charge in [0.05, 0.1) is 5.69 Å². The van der Waals surface area contributed by atoms with E-state index in [1.165, 1.54) is 17.7 Å². The largest absolute Gasteiger partial charge is 0.308 e. The van der Waals surface area contributed by atoms with E-state index < -0.39 is 0 Å². The van der Waals surface area contributed by atoms with Crippen LogP contribution in [-0.2, 0) is 6.42 Å². The minimum Gasteiger partial charge on any atom is -0.308 e. The Kier molecular flexibility index (Phi) is 1.42. The summed E-state index contributed by atoms with van der Waals surface area (Å²) in [5.74, 6) is 0. The Balaban J connectivity index is 2.51. The van der Waals surface area contributed by atoms with Gasteiger partial charge in [0, 0.05) is 22.7 Å². The molecule has 0 aliphatic carbocycles. The highest BCUT2D eigenvalue weighted by Gasteiger charge is 2.14. The van der Waals surface area contributed by atoms with Crippen molar-refractivity contribution in [3.8, 4) is 0 Å². The first-order chi connectivity index (χ1) is 4.88. The van der Waals surface area contributed by atoms with Crippen LogP contribution >= 0.6 is 16.1 Å². The van der Waals surface area contributed by atoms with E-state index in [1.54, 1.807) is 0 Å². The van der Waals surface area contributed by atoms with Crippen LogP contribution in [0.5, 0.6) is 0 Å². The molecule has 0 N–H and O–H groups in total. The van der Waals surface area contributed by atoms with Gasteiger partial charge in [-0.25, -0.2) is 0 Å². The van der Waals surface area contributed by atoms with Crippen molar-refractivity contribution in [2.45, 2.75) is 6.42 Å². The Hall–Kier alpha value is -0.500. The third kappa shape index (κ3) is 0.833. The van der Waals surface area contributed by atoms with Crippen molar-refractivity contribution in [1.29, 1.82) is 0 Å². The fraction of sp³-hybridized carbons (Fsp3) is 0.250. The normalized spacial score (nSPS) is 15.5. The number of para-hydroxylation sites is 1. The molecule has 0 aromatic heterocycles. The van der Waals surface area contributed by atoms with Gasteiger partial charge >= 0.3 is 0 Å². The summed E-state index contributed by atoms with van der Waals surface area (Å²) in [6, 6.07) is 8.47. The van der Waals surface area contributed by atoms with Crippen molar-refractivity contribution < 1.29 is 0 Å². The number of nitrogens with zero attached hydrogens (tertiary/aromatic N) is 1. The summed E-state index contributed by atoms with van der Waals surface area (Å²) in [5.41, 5.74) is 2.77. The topological polar surface area (TPSA) is 3.24 Å². The highest BCUT2D eigenvalue weighted by Crippen LogP contribution is 2.29. The molecule has 0 bridgehead atoms. The zero-order valence-corrected chi connectivity index (χ0v) is 7.13. The molecule has 1 nitrogen and oxygen atoms in total. The second kappa shape index (κ2) is 2.27. The third-order valence-corrected chi connectivity index (χ3v) is 2.57. The third-order valence-electron chi connectivity index (χ3n) is 1.83. The van der Waals surface area contributed by atoms with Gasteiger partial charge in [-0.2, -0.15) is 0 Å². The molecule has 0 atom stereocenters. The highest BCUT2D eigenvalue weighted by atomic mass is 79.9. The molecule has 0 saturated carbocycles. The predicted molar refractivity (Wildman–Crippen MR) is 46.4 cm³/mol. The average Bonchev–Trinajstić information content (AvgIpc) is 2.34. The number of rotatable bonds is 0. The van der Waals surface area contributed by atoms with Crippen molar-refractivity contribution in [3.05, 3.63) is 29.8 Å². The molecule has 2 heteroatoms. The average molecular weight is 198 g/mol. The molecule has 52 valence electrons. The summed E-state index contributed by atoms with van der Waals surface area (Å²) in [6.45, 7) is 1.10. The first-order valence-corrected chi connectivity index (χ1v) is 4.10. The van der Waals surface area contributed by atoms with E-state index >= 15 is 0 Å². The Bertz CT molecular complexity index is 247. The minimum absolute atomic E-state index is 1.10. The first-order valence-electron chi connectivity index (χ1n) is 3.39. The van der Waals surface area contributed by atoms with Crippen molar-refractivity contribution in [1.82, 2.24) is 0 Å². The molecule has 1 aromatic carbocycles. The lowest BCUT2D eigenvalue weighted by molar-refractivity contribution is 1.06. The Morgan fingerprint density at radius 2 is 2.10 bits per heavy atom. The lowest BCUT2D eigenvalue weighted by atomic mass is 10.2. The van der Waals surface area contributed by atoms with E-state index in [-0.39, 0.29) is 0 Å². The van der Waals surface area contributed by atoms with E-state index in [9.17, 15) is 0 Å². The van der Waals surface area contributed by atoms with Crippen molar-refractivity contribution in [2.24, 2.45) is 0 Å². The molecule has 0 unspecified atom stereocenters. The fourth-order valence-electron chi connectivity index (χ4n) is 1.30. The second-order valence-electron chi connectivity index (χ2n) is 2.46. The van der Waals surface area contributed by atoms with Crippen LogP contribution in [0.15, 0.2) is 24.3 Å². The summed E-state index contributed by atoms with van der Waals surface area (Å²) >= 11 is 3.47. The highest BCUT2D eigenvalue weighted by molar-refractivity contribution is 9.10. The van der Waals surface area contributed by atoms with Crippen LogP contribution in [0, 0.1) is 0 Å². The van der Waals surface area contributed by atoms with E-state index in [0.717, 1.165) is 6.54 Å². The number of hydrogen-bond donors (Lipinski definition) is 0. The van der Waals surface area contributed by atoms with Crippen LogP contribution in [0.25, 0.3) is 0 Å². The Labute approximate surface area is 69.0 Å². The molecule has 1 aromatic rings. The number of anilines is 1. The van der Waals surface area contributed by atoms with Crippen molar-refractivity contribution >= 4 is 21.8 Å². The lowest BCUT2D eigenvalue weighted by Crippen LogP contribution is -2.02. The molecule has 1 aliphatic heterocycles. The SMILES string of the molecule is BrN1CCc2ccccc21. The van der Waals surface area contributed by atoms with Crippen molar-refractivity contribution in [3.63, 3.8) is 0 Å². The summed E-state index contributed by atoms with van der Waals surface area (Å²) in [4.78, 5) is 0. The fourth-order valence-corrected chi connectivity index (χ4v) is 1.82. The van der Waals surface area contributed by atoms with Crippen LogP contribution in [0.1, 0.15) is 5.56 Å². The molecule has 0 amide bonds. The predicted octanol–water partition coefficient (Wildman–Crippen LogP) is 2.36. The second-order valence-corrected chi connectivity index (χ2v) is 3.32. The summed E-state index contributed by atoms with van der Waals surface area (Å²) in [5, 5.41) is 0. The standard InChI is InChI=1S/C8H8BrN/c9-10-6-5-7-3-1-2-4-8(7)10/h1-4H,5-6H2. The molecular weight excluding hydrogens is 190 g/mol. The smallest absolute Gasteiger partial charge is 0.0503 e. The molecule has 0 spiro atoms. The molecule has 10 heavy (non-hydrogen) atoms. The van der Waals surface area contributed by atoms with Crippen LogP contribution in [0.2, 0.25) is 0 Å². The van der Waals surface area contributed by atoms with E-state index in [1.807, 2.05) is 0 Å². The quantitative estimate of drug-likeness (QED) is 0.578. The van der Waals surface area contributed by atoms with Crippen LogP contribution in [0.4, 0.5) is 5.69 Å². The molecule has 0 saturated heterocycles. The maximum atomic E-state index is 3.47. The lowest BCUT2D eigenvalue weighted by Gasteiger charge is -2.06. The number of hydrogen-bond acceptors (Lipinski definition) is 1.